The number of halogens is 1. The van der Waals surface area contributed by atoms with Crippen LogP contribution in [0.25, 0.3) is 0 Å². The third kappa shape index (κ3) is 2.03. The van der Waals surface area contributed by atoms with Gasteiger partial charge in [-0.05, 0) is 17.5 Å². The molecule has 1 aromatic rings. The fraction of sp³-hybridized carbons (Fsp3) is 0.455. The van der Waals surface area contributed by atoms with Crippen molar-refractivity contribution in [3.8, 4) is 11.5 Å². The van der Waals surface area contributed by atoms with Crippen LogP contribution in [0, 0.1) is 0 Å². The second kappa shape index (κ2) is 3.81. The van der Waals surface area contributed by atoms with Crippen molar-refractivity contribution in [3.63, 3.8) is 0 Å². The number of aromatic hydroxyl groups is 1. The van der Waals surface area contributed by atoms with E-state index in [9.17, 15) is 5.11 Å². The second-order valence-electron chi connectivity index (χ2n) is 4.22. The summed E-state index contributed by atoms with van der Waals surface area (Å²) >= 11 is 3.43. The van der Waals surface area contributed by atoms with Crippen LogP contribution < -0.4 is 4.74 Å². The molecule has 0 saturated carbocycles. The van der Waals surface area contributed by atoms with Crippen LogP contribution in [0.3, 0.4) is 0 Å². The minimum atomic E-state index is -0.114. The molecule has 0 spiro atoms. The van der Waals surface area contributed by atoms with Crippen LogP contribution in [0.2, 0.25) is 0 Å². The molecular formula is C11H15BrO2. The Morgan fingerprint density at radius 2 is 1.86 bits per heavy atom. The van der Waals surface area contributed by atoms with Crippen molar-refractivity contribution in [2.75, 3.05) is 7.11 Å². The van der Waals surface area contributed by atoms with E-state index in [0.29, 0.717) is 5.75 Å². The summed E-state index contributed by atoms with van der Waals surface area (Å²) in [5, 5.41) is 9.95. The number of methoxy groups -OCH3 is 1. The maximum absolute atomic E-state index is 9.95. The predicted octanol–water partition coefficient (Wildman–Crippen LogP) is 3.46. The Balaban J connectivity index is 3.40. The van der Waals surface area contributed by atoms with Crippen LogP contribution in [0.4, 0.5) is 0 Å². The molecule has 1 rings (SSSR count). The number of ether oxygens (including phenoxy) is 1. The minimum Gasteiger partial charge on any atom is -0.504 e. The Bertz CT molecular complexity index is 340. The zero-order chi connectivity index (χ0) is 10.9. The molecule has 0 atom stereocenters. The molecule has 0 saturated heterocycles. The number of benzene rings is 1. The topological polar surface area (TPSA) is 29.5 Å². The number of phenols is 1. The molecule has 78 valence electrons. The molecule has 0 heterocycles. The summed E-state index contributed by atoms with van der Waals surface area (Å²) in [5.74, 6) is 0.729. The van der Waals surface area contributed by atoms with Crippen molar-refractivity contribution in [2.45, 2.75) is 26.2 Å². The molecule has 0 aliphatic heterocycles. The zero-order valence-electron chi connectivity index (χ0n) is 8.89. The maximum Gasteiger partial charge on any atom is 0.162 e. The van der Waals surface area contributed by atoms with E-state index in [1.54, 1.807) is 13.2 Å². The van der Waals surface area contributed by atoms with E-state index < -0.39 is 0 Å². The molecular weight excluding hydrogens is 244 g/mol. The maximum atomic E-state index is 9.95. The highest BCUT2D eigenvalue weighted by molar-refractivity contribution is 9.10. The van der Waals surface area contributed by atoms with Crippen LogP contribution in [0.15, 0.2) is 16.6 Å². The van der Waals surface area contributed by atoms with Gasteiger partial charge in [0.1, 0.15) is 0 Å². The molecule has 1 N–H and O–H groups in total. The highest BCUT2D eigenvalue weighted by Gasteiger charge is 2.23. The van der Waals surface area contributed by atoms with Gasteiger partial charge in [0.2, 0.25) is 0 Å². The Morgan fingerprint density at radius 3 is 2.29 bits per heavy atom. The van der Waals surface area contributed by atoms with Gasteiger partial charge in [0, 0.05) is 10.0 Å². The molecule has 0 aliphatic rings. The number of phenolic OH excluding ortho intramolecular Hbond substituents is 1. The monoisotopic (exact) mass is 258 g/mol. The van der Waals surface area contributed by atoms with Crippen molar-refractivity contribution in [1.29, 1.82) is 0 Å². The molecule has 3 heteroatoms. The summed E-state index contributed by atoms with van der Waals surface area (Å²) < 4.78 is 5.97. The quantitative estimate of drug-likeness (QED) is 0.836. The van der Waals surface area contributed by atoms with Crippen molar-refractivity contribution in [3.05, 3.63) is 22.2 Å². The summed E-state index contributed by atoms with van der Waals surface area (Å²) in [6, 6.07) is 3.63. The highest BCUT2D eigenvalue weighted by atomic mass is 79.9. The molecule has 0 aromatic heterocycles. The van der Waals surface area contributed by atoms with Gasteiger partial charge in [-0.3, -0.25) is 0 Å². The van der Waals surface area contributed by atoms with Crippen LogP contribution in [0.1, 0.15) is 26.3 Å². The number of rotatable bonds is 1. The minimum absolute atomic E-state index is 0.114. The van der Waals surface area contributed by atoms with E-state index in [1.807, 2.05) is 26.8 Å². The van der Waals surface area contributed by atoms with Gasteiger partial charge in [0.05, 0.1) is 7.11 Å². The summed E-state index contributed by atoms with van der Waals surface area (Å²) in [5.41, 5.74) is 0.758. The molecule has 0 fully saturated rings. The molecule has 2 nitrogen and oxygen atoms in total. The van der Waals surface area contributed by atoms with E-state index >= 15 is 0 Å². The van der Waals surface area contributed by atoms with E-state index in [4.69, 9.17) is 4.74 Å². The van der Waals surface area contributed by atoms with Gasteiger partial charge in [0.25, 0.3) is 0 Å². The molecule has 0 amide bonds. The van der Waals surface area contributed by atoms with Crippen molar-refractivity contribution >= 4 is 15.9 Å². The van der Waals surface area contributed by atoms with Crippen LogP contribution in [-0.2, 0) is 5.41 Å². The van der Waals surface area contributed by atoms with E-state index in [2.05, 4.69) is 15.9 Å². The SMILES string of the molecule is COc1ccc(Br)c(C(C)(C)C)c1O. The van der Waals surface area contributed by atoms with Crippen molar-refractivity contribution in [2.24, 2.45) is 0 Å². The van der Waals surface area contributed by atoms with E-state index in [1.165, 1.54) is 0 Å². The lowest BCUT2D eigenvalue weighted by atomic mass is 9.86. The standard InChI is InChI=1S/C11H15BrO2/c1-11(2,3)9-7(12)5-6-8(14-4)10(9)13/h5-6,13H,1-4H3. The lowest BCUT2D eigenvalue weighted by molar-refractivity contribution is 0.364. The number of hydrogen-bond acceptors (Lipinski definition) is 2. The van der Waals surface area contributed by atoms with Gasteiger partial charge in [0.15, 0.2) is 11.5 Å². The average Bonchev–Trinajstić information content (AvgIpc) is 2.02. The number of hydrogen-bond donors (Lipinski definition) is 1. The smallest absolute Gasteiger partial charge is 0.162 e. The van der Waals surface area contributed by atoms with Crippen LogP contribution >= 0.6 is 15.9 Å². The lowest BCUT2D eigenvalue weighted by Gasteiger charge is -2.23. The average molecular weight is 259 g/mol. The molecule has 0 aliphatic carbocycles. The second-order valence-corrected chi connectivity index (χ2v) is 5.08. The summed E-state index contributed by atoms with van der Waals surface area (Å²) in [7, 11) is 1.55. The first-order chi connectivity index (χ1) is 6.38. The summed E-state index contributed by atoms with van der Waals surface area (Å²) in [6.45, 7) is 6.14. The summed E-state index contributed by atoms with van der Waals surface area (Å²) in [6.07, 6.45) is 0. The van der Waals surface area contributed by atoms with E-state index in [-0.39, 0.29) is 11.2 Å². The van der Waals surface area contributed by atoms with Crippen LogP contribution in [0.5, 0.6) is 11.5 Å². The van der Waals surface area contributed by atoms with Crippen LogP contribution in [-0.4, -0.2) is 12.2 Å². The van der Waals surface area contributed by atoms with Gasteiger partial charge < -0.3 is 9.84 Å². The van der Waals surface area contributed by atoms with Crippen molar-refractivity contribution in [1.82, 2.24) is 0 Å². The van der Waals surface area contributed by atoms with Gasteiger partial charge >= 0.3 is 0 Å². The first-order valence-electron chi connectivity index (χ1n) is 4.44. The molecule has 14 heavy (non-hydrogen) atoms. The molecule has 0 radical (unpaired) electrons. The Labute approximate surface area is 93.0 Å². The first-order valence-corrected chi connectivity index (χ1v) is 5.23. The van der Waals surface area contributed by atoms with E-state index in [0.717, 1.165) is 10.0 Å². The lowest BCUT2D eigenvalue weighted by Crippen LogP contribution is -2.12. The Hall–Kier alpha value is -0.700. The first kappa shape index (κ1) is 11.4. The van der Waals surface area contributed by atoms with Gasteiger partial charge in [-0.25, -0.2) is 0 Å². The Kier molecular flexibility index (Phi) is 3.10. The van der Waals surface area contributed by atoms with Gasteiger partial charge in [-0.1, -0.05) is 36.7 Å². The third-order valence-electron chi connectivity index (χ3n) is 2.06. The Morgan fingerprint density at radius 1 is 1.29 bits per heavy atom. The largest absolute Gasteiger partial charge is 0.504 e. The van der Waals surface area contributed by atoms with Gasteiger partial charge in [-0.2, -0.15) is 0 Å². The fourth-order valence-corrected chi connectivity index (χ4v) is 2.34. The zero-order valence-corrected chi connectivity index (χ0v) is 10.5. The normalized spacial score (nSPS) is 11.5. The molecule has 1 aromatic carbocycles. The molecule has 0 unspecified atom stereocenters. The fourth-order valence-electron chi connectivity index (χ4n) is 1.43. The predicted molar refractivity (Wildman–Crippen MR) is 61.1 cm³/mol. The van der Waals surface area contributed by atoms with Gasteiger partial charge in [-0.15, -0.1) is 0 Å². The highest BCUT2D eigenvalue weighted by Crippen LogP contribution is 2.41. The summed E-state index contributed by atoms with van der Waals surface area (Å²) in [4.78, 5) is 0. The third-order valence-corrected chi connectivity index (χ3v) is 2.72. The molecule has 0 bridgehead atoms. The van der Waals surface area contributed by atoms with Crippen molar-refractivity contribution < 1.29 is 9.84 Å².